The second-order valence-electron chi connectivity index (χ2n) is 10.4. The number of hydrogen-bond acceptors (Lipinski definition) is 8. The van der Waals surface area contributed by atoms with E-state index in [4.69, 9.17) is 4.74 Å². The van der Waals surface area contributed by atoms with Crippen LogP contribution in [0.1, 0.15) is 12.5 Å². The first-order valence-corrected chi connectivity index (χ1v) is 15.9. The average molecular weight is 533 g/mol. The molecule has 1 aliphatic heterocycles. The van der Waals surface area contributed by atoms with Crippen LogP contribution < -0.4 is 5.32 Å². The molecule has 2 unspecified atom stereocenters. The highest BCUT2D eigenvalue weighted by Crippen LogP contribution is 2.27. The van der Waals surface area contributed by atoms with Gasteiger partial charge in [0.1, 0.15) is 18.7 Å². The molecule has 36 heavy (non-hydrogen) atoms. The molecule has 1 fully saturated rings. The summed E-state index contributed by atoms with van der Waals surface area (Å²) in [7, 11) is -1.13. The monoisotopic (exact) mass is 532 g/mol. The zero-order valence-electron chi connectivity index (χ0n) is 21.3. The summed E-state index contributed by atoms with van der Waals surface area (Å²) >= 11 is 0. The van der Waals surface area contributed by atoms with Gasteiger partial charge in [0.25, 0.3) is 0 Å². The van der Waals surface area contributed by atoms with Gasteiger partial charge in [-0.1, -0.05) is 19.6 Å². The van der Waals surface area contributed by atoms with Gasteiger partial charge in [0, 0.05) is 70.2 Å². The first kappa shape index (κ1) is 28.2. The molecule has 0 aromatic carbocycles. The molecule has 0 amide bonds. The van der Waals surface area contributed by atoms with E-state index in [1.807, 2.05) is 27.7 Å². The van der Waals surface area contributed by atoms with Gasteiger partial charge in [-0.15, -0.1) is 12.4 Å². The number of rotatable bonds is 11. The number of aliphatic hydroxyl groups excluding tert-OH is 1. The van der Waals surface area contributed by atoms with Gasteiger partial charge in [-0.25, -0.2) is 9.97 Å². The number of aliphatic hydroxyl groups is 1. The molecule has 10 nitrogen and oxygen atoms in total. The molecule has 12 heteroatoms. The van der Waals surface area contributed by atoms with Crippen molar-refractivity contribution in [2.75, 3.05) is 39.4 Å². The van der Waals surface area contributed by atoms with E-state index in [9.17, 15) is 10.4 Å². The molecular formula is C24H37ClN8O2Si. The third-order valence-electron chi connectivity index (χ3n) is 6.49. The molecule has 3 aromatic heterocycles. The number of halogens is 1. The van der Waals surface area contributed by atoms with E-state index in [-0.39, 0.29) is 31.1 Å². The number of piperazine rings is 1. The lowest BCUT2D eigenvalue weighted by atomic mass is 10.1. The summed E-state index contributed by atoms with van der Waals surface area (Å²) in [5.41, 5.74) is 2.53. The molecule has 3 aromatic rings. The largest absolute Gasteiger partial charge is 0.395 e. The SMILES string of the molecule is C[Si](C)(C)CCOCn1ccc2c(-c3cnn(C(CC#N)CN4CCNCC4CO)c3)ncnc21.Cl. The van der Waals surface area contributed by atoms with Crippen molar-refractivity contribution < 1.29 is 9.84 Å². The van der Waals surface area contributed by atoms with Crippen molar-refractivity contribution in [3.05, 3.63) is 31.0 Å². The normalized spacial score (nSPS) is 17.6. The van der Waals surface area contributed by atoms with Gasteiger partial charge in [-0.05, 0) is 12.1 Å². The molecule has 0 spiro atoms. The minimum Gasteiger partial charge on any atom is -0.395 e. The fraction of sp³-hybridized carbons (Fsp3) is 0.583. The third-order valence-corrected chi connectivity index (χ3v) is 8.19. The summed E-state index contributed by atoms with van der Waals surface area (Å²) in [4.78, 5) is 11.3. The fourth-order valence-corrected chi connectivity index (χ4v) is 5.14. The predicted molar refractivity (Wildman–Crippen MR) is 145 cm³/mol. The van der Waals surface area contributed by atoms with Crippen LogP contribution in [-0.4, -0.2) is 87.8 Å². The summed E-state index contributed by atoms with van der Waals surface area (Å²) in [5.74, 6) is 0. The van der Waals surface area contributed by atoms with E-state index in [0.29, 0.717) is 19.7 Å². The number of nitrogens with zero attached hydrogens (tertiary/aromatic N) is 7. The maximum absolute atomic E-state index is 9.74. The number of hydrogen-bond donors (Lipinski definition) is 2. The van der Waals surface area contributed by atoms with Crippen molar-refractivity contribution in [2.45, 2.75) is 50.9 Å². The minimum absolute atomic E-state index is 0. The average Bonchev–Trinajstić information content (AvgIpc) is 3.49. The van der Waals surface area contributed by atoms with E-state index in [1.54, 1.807) is 12.5 Å². The number of ether oxygens (including phenoxy) is 1. The highest BCUT2D eigenvalue weighted by atomic mass is 35.5. The maximum Gasteiger partial charge on any atom is 0.145 e. The van der Waals surface area contributed by atoms with Crippen LogP contribution in [0, 0.1) is 11.3 Å². The van der Waals surface area contributed by atoms with Crippen LogP contribution >= 0.6 is 12.4 Å². The van der Waals surface area contributed by atoms with Gasteiger partial charge in [-0.2, -0.15) is 10.4 Å². The first-order valence-electron chi connectivity index (χ1n) is 12.2. The van der Waals surface area contributed by atoms with Crippen molar-refractivity contribution in [3.8, 4) is 17.3 Å². The Hall–Kier alpha value is -2.33. The van der Waals surface area contributed by atoms with Gasteiger partial charge < -0.3 is 19.7 Å². The van der Waals surface area contributed by atoms with Crippen LogP contribution in [0.5, 0.6) is 0 Å². The van der Waals surface area contributed by atoms with Gasteiger partial charge in [-0.3, -0.25) is 9.58 Å². The Labute approximate surface area is 219 Å². The van der Waals surface area contributed by atoms with Gasteiger partial charge in [0.15, 0.2) is 0 Å². The van der Waals surface area contributed by atoms with Crippen molar-refractivity contribution in [3.63, 3.8) is 0 Å². The Morgan fingerprint density at radius 2 is 2.17 bits per heavy atom. The van der Waals surface area contributed by atoms with E-state index in [1.165, 1.54) is 0 Å². The standard InChI is InChI=1S/C24H36N8O2Si.ClH/c1-35(2,3)11-10-34-18-31-8-5-22-23(27-17-28-24(22)31)19-12-29-32(14-19)20(4-6-25)15-30-9-7-26-13-21(30)16-33;/h5,8,12,14,17,20-21,26,33H,4,7,9-11,13,15-16,18H2,1-3H3;1H. The summed E-state index contributed by atoms with van der Waals surface area (Å²) in [6.07, 6.45) is 7.66. The Morgan fingerprint density at radius 3 is 2.92 bits per heavy atom. The molecule has 196 valence electrons. The molecule has 2 atom stereocenters. The molecule has 1 aliphatic rings. The van der Waals surface area contributed by atoms with E-state index in [2.05, 4.69) is 51.0 Å². The minimum atomic E-state index is -1.13. The quantitative estimate of drug-likeness (QED) is 0.286. The number of fused-ring (bicyclic) bond motifs is 1. The van der Waals surface area contributed by atoms with Gasteiger partial charge in [0.05, 0.1) is 37.0 Å². The van der Waals surface area contributed by atoms with Gasteiger partial charge >= 0.3 is 0 Å². The lowest BCUT2D eigenvalue weighted by Crippen LogP contribution is -2.54. The van der Waals surface area contributed by atoms with E-state index in [0.717, 1.165) is 54.6 Å². The Kier molecular flexibility index (Phi) is 10.0. The molecule has 0 aliphatic carbocycles. The first-order chi connectivity index (χ1) is 16.9. The topological polar surface area (TPSA) is 117 Å². The number of nitriles is 1. The maximum atomic E-state index is 9.74. The molecule has 0 bridgehead atoms. The lowest BCUT2D eigenvalue weighted by molar-refractivity contribution is 0.0860. The highest BCUT2D eigenvalue weighted by molar-refractivity contribution is 6.76. The van der Waals surface area contributed by atoms with Crippen LogP contribution in [0.2, 0.25) is 25.7 Å². The van der Waals surface area contributed by atoms with Gasteiger partial charge in [0.2, 0.25) is 0 Å². The summed E-state index contributed by atoms with van der Waals surface area (Å²) < 4.78 is 9.79. The fourth-order valence-electron chi connectivity index (χ4n) is 4.38. The van der Waals surface area contributed by atoms with Crippen molar-refractivity contribution in [2.24, 2.45) is 0 Å². The zero-order valence-corrected chi connectivity index (χ0v) is 23.1. The van der Waals surface area contributed by atoms with Crippen LogP contribution in [0.4, 0.5) is 0 Å². The molecule has 1 saturated heterocycles. The van der Waals surface area contributed by atoms with Crippen molar-refractivity contribution in [1.82, 2.24) is 34.5 Å². The molecule has 0 radical (unpaired) electrons. The highest BCUT2D eigenvalue weighted by Gasteiger charge is 2.26. The van der Waals surface area contributed by atoms with E-state index < -0.39 is 8.07 Å². The lowest BCUT2D eigenvalue weighted by Gasteiger charge is -2.36. The number of nitrogens with one attached hydrogen (secondary N) is 1. The number of aromatic nitrogens is 5. The Bertz CT molecular complexity index is 1160. The molecule has 4 rings (SSSR count). The Morgan fingerprint density at radius 1 is 1.33 bits per heavy atom. The molecule has 4 heterocycles. The third kappa shape index (κ3) is 6.91. The van der Waals surface area contributed by atoms with Crippen molar-refractivity contribution >= 4 is 31.5 Å². The second-order valence-corrected chi connectivity index (χ2v) is 16.0. The summed E-state index contributed by atoms with van der Waals surface area (Å²) in [5, 5.41) is 28.0. The molecular weight excluding hydrogens is 496 g/mol. The summed E-state index contributed by atoms with van der Waals surface area (Å²) in [6, 6.07) is 5.38. The Balaban J connectivity index is 0.00000361. The van der Waals surface area contributed by atoms with Crippen LogP contribution in [0.3, 0.4) is 0 Å². The predicted octanol–water partition coefficient (Wildman–Crippen LogP) is 2.75. The van der Waals surface area contributed by atoms with Crippen LogP contribution in [0.15, 0.2) is 31.0 Å². The van der Waals surface area contributed by atoms with Crippen LogP contribution in [0.25, 0.3) is 22.3 Å². The van der Waals surface area contributed by atoms with Crippen molar-refractivity contribution in [1.29, 1.82) is 5.26 Å². The molecule has 0 saturated carbocycles. The zero-order chi connectivity index (χ0) is 24.8. The van der Waals surface area contributed by atoms with E-state index >= 15 is 0 Å². The molecule has 2 N–H and O–H groups in total. The smallest absolute Gasteiger partial charge is 0.145 e. The van der Waals surface area contributed by atoms with Crippen LogP contribution in [-0.2, 0) is 11.5 Å². The second kappa shape index (κ2) is 12.8. The summed E-state index contributed by atoms with van der Waals surface area (Å²) in [6.45, 7) is 11.5.